The second-order valence-electron chi connectivity index (χ2n) is 5.34. The van der Waals surface area contributed by atoms with Crippen molar-refractivity contribution in [2.24, 2.45) is 0 Å². The van der Waals surface area contributed by atoms with E-state index in [1.54, 1.807) is 49.2 Å². The molecule has 0 aliphatic carbocycles. The van der Waals surface area contributed by atoms with E-state index in [1.165, 1.54) is 0 Å². The van der Waals surface area contributed by atoms with Gasteiger partial charge in [-0.05, 0) is 36.2 Å². The van der Waals surface area contributed by atoms with Crippen molar-refractivity contribution in [3.63, 3.8) is 0 Å². The Morgan fingerprint density at radius 3 is 2.70 bits per heavy atom. The number of halogens is 1. The fourth-order valence-electron chi connectivity index (χ4n) is 2.42. The molecular formula is C17H19FN2O3. The number of hydrogen-bond donors (Lipinski definition) is 3. The molecule has 2 aromatic carbocycles. The maximum absolute atomic E-state index is 14.4. The van der Waals surface area contributed by atoms with Crippen LogP contribution >= 0.6 is 0 Å². The van der Waals surface area contributed by atoms with Crippen molar-refractivity contribution in [3.05, 3.63) is 58.9 Å². The van der Waals surface area contributed by atoms with Crippen molar-refractivity contribution >= 4 is 17.5 Å². The van der Waals surface area contributed by atoms with Crippen LogP contribution in [0.5, 0.6) is 0 Å². The third-order valence-electron chi connectivity index (χ3n) is 3.62. The van der Waals surface area contributed by atoms with E-state index in [1.807, 2.05) is 6.07 Å². The summed E-state index contributed by atoms with van der Waals surface area (Å²) in [7, 11) is 1.74. The Labute approximate surface area is 134 Å². The van der Waals surface area contributed by atoms with E-state index in [0.29, 0.717) is 23.5 Å². The van der Waals surface area contributed by atoms with Crippen LogP contribution in [0.25, 0.3) is 0 Å². The first-order valence-corrected chi connectivity index (χ1v) is 7.11. The summed E-state index contributed by atoms with van der Waals surface area (Å²) in [6.45, 7) is 1.80. The number of aliphatic hydroxyl groups is 1. The van der Waals surface area contributed by atoms with Crippen molar-refractivity contribution in [3.8, 4) is 0 Å². The van der Waals surface area contributed by atoms with Crippen molar-refractivity contribution in [2.75, 3.05) is 17.3 Å². The number of benzene rings is 2. The molecule has 0 aliphatic rings. The van der Waals surface area contributed by atoms with E-state index in [0.717, 1.165) is 5.56 Å². The highest BCUT2D eigenvalue weighted by molar-refractivity contribution is 5.82. The highest BCUT2D eigenvalue weighted by Crippen LogP contribution is 2.26. The summed E-state index contributed by atoms with van der Waals surface area (Å²) in [5, 5.41) is 20.3. The van der Waals surface area contributed by atoms with Crippen LogP contribution in [0.2, 0.25) is 0 Å². The lowest BCUT2D eigenvalue weighted by Crippen LogP contribution is -2.19. The summed E-state index contributed by atoms with van der Waals surface area (Å²) in [5.74, 6) is -0.435. The summed E-state index contributed by atoms with van der Waals surface area (Å²) in [6, 6.07) is 10.4. The number of nitrogens with one attached hydrogen (secondary N) is 1. The molecule has 0 unspecified atom stereocenters. The van der Waals surface area contributed by atoms with Gasteiger partial charge in [0.1, 0.15) is 0 Å². The minimum atomic E-state index is -1.13. The Kier molecular flexibility index (Phi) is 5.18. The Bertz CT molecular complexity index is 719. The molecule has 3 N–H and O–H groups in total. The number of hydrogen-bond acceptors (Lipinski definition) is 3. The van der Waals surface area contributed by atoms with Gasteiger partial charge in [0.25, 0.3) is 0 Å². The summed E-state index contributed by atoms with van der Waals surface area (Å²) < 4.78 is 14.4. The minimum absolute atomic E-state index is 0.288. The lowest BCUT2D eigenvalue weighted by Gasteiger charge is -2.22. The van der Waals surface area contributed by atoms with Gasteiger partial charge in [0.2, 0.25) is 0 Å². The molecule has 0 radical (unpaired) electrons. The molecule has 0 atom stereocenters. The molecule has 0 saturated heterocycles. The predicted molar refractivity (Wildman–Crippen MR) is 87.3 cm³/mol. The Hall–Kier alpha value is -2.60. The van der Waals surface area contributed by atoms with Gasteiger partial charge in [-0.3, -0.25) is 5.32 Å². The van der Waals surface area contributed by atoms with Crippen LogP contribution in [0, 0.1) is 12.7 Å². The van der Waals surface area contributed by atoms with Gasteiger partial charge in [0, 0.05) is 24.8 Å². The normalized spacial score (nSPS) is 10.4. The summed E-state index contributed by atoms with van der Waals surface area (Å²) in [5.41, 5.74) is 2.68. The first-order valence-electron chi connectivity index (χ1n) is 7.11. The number of carbonyl (C=O) groups is 1. The lowest BCUT2D eigenvalue weighted by molar-refractivity contribution is 0.209. The molecule has 23 heavy (non-hydrogen) atoms. The van der Waals surface area contributed by atoms with E-state index >= 15 is 0 Å². The molecule has 2 aromatic rings. The zero-order valence-electron chi connectivity index (χ0n) is 13.0. The van der Waals surface area contributed by atoms with Gasteiger partial charge in [-0.1, -0.05) is 18.2 Å². The van der Waals surface area contributed by atoms with Gasteiger partial charge in [0.15, 0.2) is 5.82 Å². The predicted octanol–water partition coefficient (Wildman–Crippen LogP) is 3.35. The van der Waals surface area contributed by atoms with Crippen LogP contribution in [0.4, 0.5) is 20.6 Å². The number of amides is 1. The third kappa shape index (κ3) is 3.98. The number of nitrogens with zero attached hydrogens (tertiary/aromatic N) is 1. The summed E-state index contributed by atoms with van der Waals surface area (Å²) in [4.78, 5) is 12.4. The smallest absolute Gasteiger partial charge is 0.409 e. The van der Waals surface area contributed by atoms with Crippen LogP contribution in [-0.4, -0.2) is 23.4 Å². The average Bonchev–Trinajstić information content (AvgIpc) is 2.47. The SMILES string of the molecule is Cc1ccc(N(C)Cc2cccc(NC(=O)O)c2)c(F)c1CO. The highest BCUT2D eigenvalue weighted by Gasteiger charge is 2.14. The van der Waals surface area contributed by atoms with Crippen LogP contribution in [-0.2, 0) is 13.2 Å². The van der Waals surface area contributed by atoms with Gasteiger partial charge >= 0.3 is 6.09 Å². The second-order valence-corrected chi connectivity index (χ2v) is 5.34. The van der Waals surface area contributed by atoms with Gasteiger partial charge in [-0.25, -0.2) is 9.18 Å². The molecule has 0 heterocycles. The molecule has 2 rings (SSSR count). The first kappa shape index (κ1) is 16.8. The number of carboxylic acid groups (broad SMARTS) is 1. The van der Waals surface area contributed by atoms with Gasteiger partial charge < -0.3 is 15.1 Å². The van der Waals surface area contributed by atoms with E-state index in [9.17, 15) is 14.3 Å². The van der Waals surface area contributed by atoms with Gasteiger partial charge in [0.05, 0.1) is 12.3 Å². The van der Waals surface area contributed by atoms with Gasteiger partial charge in [-0.2, -0.15) is 0 Å². The number of aliphatic hydroxyl groups excluding tert-OH is 1. The van der Waals surface area contributed by atoms with E-state index in [2.05, 4.69) is 5.32 Å². The fourth-order valence-corrected chi connectivity index (χ4v) is 2.42. The lowest BCUT2D eigenvalue weighted by atomic mass is 10.1. The van der Waals surface area contributed by atoms with Crippen molar-refractivity contribution < 1.29 is 19.4 Å². The maximum Gasteiger partial charge on any atom is 0.409 e. The highest BCUT2D eigenvalue weighted by atomic mass is 19.1. The summed E-state index contributed by atoms with van der Waals surface area (Å²) >= 11 is 0. The Morgan fingerprint density at radius 2 is 2.04 bits per heavy atom. The Balaban J connectivity index is 2.22. The first-order chi connectivity index (χ1) is 10.9. The molecule has 0 aromatic heterocycles. The zero-order valence-corrected chi connectivity index (χ0v) is 13.0. The fraction of sp³-hybridized carbons (Fsp3) is 0.235. The summed E-state index contributed by atoms with van der Waals surface area (Å²) in [6.07, 6.45) is -1.13. The third-order valence-corrected chi connectivity index (χ3v) is 3.62. The largest absolute Gasteiger partial charge is 0.465 e. The van der Waals surface area contributed by atoms with Crippen LogP contribution in [0.15, 0.2) is 36.4 Å². The molecule has 5 nitrogen and oxygen atoms in total. The topological polar surface area (TPSA) is 72.8 Å². The zero-order chi connectivity index (χ0) is 17.0. The molecule has 1 amide bonds. The quantitative estimate of drug-likeness (QED) is 0.790. The molecule has 6 heteroatoms. The molecule has 122 valence electrons. The number of anilines is 2. The van der Waals surface area contributed by atoms with Crippen LogP contribution in [0.3, 0.4) is 0 Å². The van der Waals surface area contributed by atoms with E-state index in [4.69, 9.17) is 5.11 Å². The van der Waals surface area contributed by atoms with Crippen LogP contribution < -0.4 is 10.2 Å². The van der Waals surface area contributed by atoms with Crippen molar-refractivity contribution in [1.82, 2.24) is 0 Å². The standard InChI is InChI=1S/C17H19FN2O3/c1-11-6-7-15(16(18)14(11)10-21)20(2)9-12-4-3-5-13(8-12)19-17(22)23/h3-8,19,21H,9-10H2,1-2H3,(H,22,23). The van der Waals surface area contributed by atoms with E-state index < -0.39 is 11.9 Å². The Morgan fingerprint density at radius 1 is 1.30 bits per heavy atom. The number of aryl methyl sites for hydroxylation is 1. The molecule has 0 fully saturated rings. The van der Waals surface area contributed by atoms with Gasteiger partial charge in [-0.15, -0.1) is 0 Å². The van der Waals surface area contributed by atoms with E-state index in [-0.39, 0.29) is 12.2 Å². The average molecular weight is 318 g/mol. The second kappa shape index (κ2) is 7.11. The molecular weight excluding hydrogens is 299 g/mol. The minimum Gasteiger partial charge on any atom is -0.465 e. The van der Waals surface area contributed by atoms with Crippen molar-refractivity contribution in [2.45, 2.75) is 20.1 Å². The molecule has 0 bridgehead atoms. The van der Waals surface area contributed by atoms with Crippen LogP contribution in [0.1, 0.15) is 16.7 Å². The van der Waals surface area contributed by atoms with Crippen molar-refractivity contribution in [1.29, 1.82) is 0 Å². The monoisotopic (exact) mass is 318 g/mol. The maximum atomic E-state index is 14.4. The number of rotatable bonds is 5. The molecule has 0 spiro atoms. The molecule has 0 saturated carbocycles. The molecule has 0 aliphatic heterocycles.